The summed E-state index contributed by atoms with van der Waals surface area (Å²) in [5.41, 5.74) is 17.5. The Hall–Kier alpha value is -5.23. The lowest BCUT2D eigenvalue weighted by Gasteiger charge is -2.27. The number of hydrogen-bond donors (Lipinski definition) is 3. The fourth-order valence-corrected chi connectivity index (χ4v) is 8.29. The number of carbonyl (C=O) groups is 3. The number of primary amides is 1. The first kappa shape index (κ1) is 31.7. The Kier molecular flexibility index (Phi) is 7.25. The minimum Gasteiger partial charge on any atom is -0.494 e. The zero-order valence-electron chi connectivity index (χ0n) is 28.9. The average molecular weight is 687 g/mol. The van der Waals surface area contributed by atoms with Gasteiger partial charge in [-0.2, -0.15) is 0 Å². The summed E-state index contributed by atoms with van der Waals surface area (Å²) < 4.78 is 10.2. The van der Waals surface area contributed by atoms with Gasteiger partial charge in [0, 0.05) is 60.8 Å². The van der Waals surface area contributed by atoms with Crippen LogP contribution in [-0.4, -0.2) is 74.0 Å². The van der Waals surface area contributed by atoms with Gasteiger partial charge in [-0.3, -0.25) is 14.4 Å². The van der Waals surface area contributed by atoms with Gasteiger partial charge in [-0.05, 0) is 92.8 Å². The SMILES string of the molecule is COc1cc(C(=O)N2CC3CCC2[C@@H]3N)cc2nc(-c3cc4ccc(-c5ccc(C(=O)NCC6(C(N)=O)CC6)cc5)nc4n3CC3CC3)n(C)c12. The van der Waals surface area contributed by atoms with E-state index >= 15 is 0 Å². The van der Waals surface area contributed by atoms with Crippen molar-refractivity contribution in [2.24, 2.45) is 35.8 Å². The van der Waals surface area contributed by atoms with Gasteiger partial charge >= 0.3 is 0 Å². The summed E-state index contributed by atoms with van der Waals surface area (Å²) in [7, 11) is 3.62. The number of amides is 3. The molecule has 2 unspecified atom stereocenters. The van der Waals surface area contributed by atoms with Gasteiger partial charge in [-0.1, -0.05) is 12.1 Å². The first-order chi connectivity index (χ1) is 24.6. The number of likely N-dealkylation sites (tertiary alicyclic amines) is 1. The van der Waals surface area contributed by atoms with Crippen molar-refractivity contribution in [1.82, 2.24) is 29.3 Å². The summed E-state index contributed by atoms with van der Waals surface area (Å²) in [6.45, 7) is 1.78. The molecule has 4 heterocycles. The number of pyridine rings is 1. The van der Waals surface area contributed by atoms with E-state index in [0.717, 1.165) is 58.7 Å². The highest BCUT2D eigenvalue weighted by Gasteiger charge is 2.49. The number of carbonyl (C=O) groups excluding carboxylic acids is 3. The molecule has 9 rings (SSSR count). The predicted octanol–water partition coefficient (Wildman–Crippen LogP) is 4.23. The van der Waals surface area contributed by atoms with Gasteiger partial charge in [-0.25, -0.2) is 9.97 Å². The second-order valence-electron chi connectivity index (χ2n) is 15.1. The van der Waals surface area contributed by atoms with E-state index < -0.39 is 5.41 Å². The smallest absolute Gasteiger partial charge is 0.254 e. The highest BCUT2D eigenvalue weighted by atomic mass is 16.5. The monoisotopic (exact) mass is 686 g/mol. The van der Waals surface area contributed by atoms with Crippen LogP contribution in [0, 0.1) is 17.3 Å². The first-order valence-corrected chi connectivity index (χ1v) is 17.9. The molecule has 4 fully saturated rings. The van der Waals surface area contributed by atoms with E-state index in [4.69, 9.17) is 26.2 Å². The molecule has 2 bridgehead atoms. The van der Waals surface area contributed by atoms with Crippen molar-refractivity contribution >= 4 is 39.8 Å². The molecular weight excluding hydrogens is 644 g/mol. The van der Waals surface area contributed by atoms with Gasteiger partial charge in [0.1, 0.15) is 16.9 Å². The number of rotatable bonds is 10. The number of piperidine rings is 1. The molecule has 12 heteroatoms. The molecule has 12 nitrogen and oxygen atoms in total. The van der Waals surface area contributed by atoms with Crippen LogP contribution in [0.5, 0.6) is 5.75 Å². The molecule has 0 radical (unpaired) electrons. The molecule has 262 valence electrons. The molecule has 0 spiro atoms. The number of fused-ring (bicyclic) bond motifs is 4. The minimum atomic E-state index is -0.596. The molecule has 1 aliphatic heterocycles. The maximum Gasteiger partial charge on any atom is 0.254 e. The van der Waals surface area contributed by atoms with Crippen LogP contribution in [0.1, 0.15) is 59.2 Å². The Balaban J connectivity index is 1.04. The molecule has 5 N–H and O–H groups in total. The Bertz CT molecular complexity index is 2250. The van der Waals surface area contributed by atoms with Crippen LogP contribution in [0.15, 0.2) is 54.6 Å². The average Bonchev–Trinajstić information content (AvgIpc) is 4.02. The number of aryl methyl sites for hydroxylation is 1. The molecule has 3 atom stereocenters. The zero-order valence-corrected chi connectivity index (χ0v) is 28.9. The number of hydrogen-bond acceptors (Lipinski definition) is 7. The summed E-state index contributed by atoms with van der Waals surface area (Å²) in [5, 5.41) is 3.87. The summed E-state index contributed by atoms with van der Waals surface area (Å²) in [5.74, 6) is 1.71. The normalized spacial score (nSPS) is 21.8. The Morgan fingerprint density at radius 3 is 2.41 bits per heavy atom. The van der Waals surface area contributed by atoms with Crippen LogP contribution >= 0.6 is 0 Å². The number of nitrogens with two attached hydrogens (primary N) is 2. The third-order valence-electron chi connectivity index (χ3n) is 11.8. The maximum atomic E-state index is 13.8. The summed E-state index contributed by atoms with van der Waals surface area (Å²) in [6, 6.07) is 17.4. The lowest BCUT2D eigenvalue weighted by molar-refractivity contribution is -0.122. The molecular formula is C39H42N8O4. The number of benzene rings is 2. The molecule has 4 aliphatic rings. The van der Waals surface area contributed by atoms with E-state index in [-0.39, 0.29) is 36.3 Å². The second kappa shape index (κ2) is 11.7. The van der Waals surface area contributed by atoms with Gasteiger partial charge in [0.25, 0.3) is 11.8 Å². The molecule has 5 aromatic rings. The third kappa shape index (κ3) is 5.26. The molecule has 3 saturated carbocycles. The number of nitrogens with zero attached hydrogens (tertiary/aromatic N) is 5. The molecule has 51 heavy (non-hydrogen) atoms. The van der Waals surface area contributed by atoms with E-state index in [1.807, 2.05) is 46.8 Å². The van der Waals surface area contributed by atoms with Crippen molar-refractivity contribution in [2.45, 2.75) is 57.2 Å². The van der Waals surface area contributed by atoms with Crippen molar-refractivity contribution in [2.75, 3.05) is 20.2 Å². The second-order valence-corrected chi connectivity index (χ2v) is 15.1. The fraction of sp³-hybridized carbons (Fsp3) is 0.410. The Morgan fingerprint density at radius 1 is 0.980 bits per heavy atom. The highest BCUT2D eigenvalue weighted by molar-refractivity contribution is 6.01. The molecule has 3 aliphatic carbocycles. The Morgan fingerprint density at radius 2 is 1.76 bits per heavy atom. The van der Waals surface area contributed by atoms with Crippen LogP contribution in [0.4, 0.5) is 0 Å². The first-order valence-electron chi connectivity index (χ1n) is 17.9. The molecule has 3 aromatic heterocycles. The van der Waals surface area contributed by atoms with Gasteiger partial charge in [-0.15, -0.1) is 0 Å². The van der Waals surface area contributed by atoms with Gasteiger partial charge in [0.15, 0.2) is 5.82 Å². The number of nitrogens with one attached hydrogen (secondary N) is 1. The van der Waals surface area contributed by atoms with Gasteiger partial charge in [0.05, 0.1) is 29.4 Å². The van der Waals surface area contributed by atoms with Crippen LogP contribution in [-0.2, 0) is 18.4 Å². The standard InChI is InChI=1S/C39H42N8O4/c1-45-33-28(15-26(17-31(33)51-2)37(49)47-19-25-10-12-29(47)32(25)40)44-35(45)30-16-24-9-11-27(43-34(24)46(30)18-21-3-4-21)22-5-7-23(8-6-22)36(48)42-20-39(13-14-39)38(41)50/h5-9,11,15-17,21,25,29,32H,3-4,10,12-14,18-20,40H2,1-2H3,(H2,41,50)(H,42,48)/t25?,29?,32-/m1/s1. The van der Waals surface area contributed by atoms with Gasteiger partial charge in [0.2, 0.25) is 5.91 Å². The van der Waals surface area contributed by atoms with Crippen LogP contribution in [0.3, 0.4) is 0 Å². The van der Waals surface area contributed by atoms with E-state index in [0.29, 0.717) is 53.6 Å². The molecule has 3 amide bonds. The van der Waals surface area contributed by atoms with E-state index in [1.54, 1.807) is 19.2 Å². The number of imidazole rings is 1. The van der Waals surface area contributed by atoms with Crippen LogP contribution in [0.25, 0.3) is 44.8 Å². The van der Waals surface area contributed by atoms with Crippen molar-refractivity contribution in [3.8, 4) is 28.5 Å². The van der Waals surface area contributed by atoms with Crippen LogP contribution in [0.2, 0.25) is 0 Å². The fourth-order valence-electron chi connectivity index (χ4n) is 8.29. The van der Waals surface area contributed by atoms with E-state index in [2.05, 4.69) is 22.0 Å². The van der Waals surface area contributed by atoms with Crippen molar-refractivity contribution < 1.29 is 19.1 Å². The summed E-state index contributed by atoms with van der Waals surface area (Å²) in [6.07, 6.45) is 5.80. The summed E-state index contributed by atoms with van der Waals surface area (Å²) >= 11 is 0. The van der Waals surface area contributed by atoms with Crippen molar-refractivity contribution in [3.05, 3.63) is 65.7 Å². The van der Waals surface area contributed by atoms with Crippen LogP contribution < -0.4 is 21.5 Å². The lowest BCUT2D eigenvalue weighted by atomic mass is 10.1. The van der Waals surface area contributed by atoms with Crippen molar-refractivity contribution in [3.63, 3.8) is 0 Å². The number of aromatic nitrogens is 4. The highest BCUT2D eigenvalue weighted by Crippen LogP contribution is 2.45. The largest absolute Gasteiger partial charge is 0.494 e. The molecule has 2 aromatic carbocycles. The van der Waals surface area contributed by atoms with E-state index in [9.17, 15) is 14.4 Å². The lowest BCUT2D eigenvalue weighted by Crippen LogP contribution is -2.41. The molecule has 1 saturated heterocycles. The third-order valence-corrected chi connectivity index (χ3v) is 11.8. The van der Waals surface area contributed by atoms with Gasteiger partial charge < -0.3 is 35.6 Å². The summed E-state index contributed by atoms with van der Waals surface area (Å²) in [4.78, 5) is 50.5. The topological polar surface area (TPSA) is 163 Å². The zero-order chi connectivity index (χ0) is 35.2. The number of ether oxygens (including phenoxy) is 1. The minimum absolute atomic E-state index is 0.0203. The van der Waals surface area contributed by atoms with Crippen molar-refractivity contribution in [1.29, 1.82) is 0 Å². The Labute approximate surface area is 295 Å². The number of methoxy groups -OCH3 is 1. The quantitative estimate of drug-likeness (QED) is 0.198. The maximum absolute atomic E-state index is 13.8. The predicted molar refractivity (Wildman–Crippen MR) is 193 cm³/mol. The van der Waals surface area contributed by atoms with E-state index in [1.165, 1.54) is 12.8 Å².